The van der Waals surface area contributed by atoms with E-state index in [0.29, 0.717) is 0 Å². The Balaban J connectivity index is 2.10. The van der Waals surface area contributed by atoms with Crippen LogP contribution in [0.1, 0.15) is 93.9 Å². The van der Waals surface area contributed by atoms with E-state index in [4.69, 9.17) is 0 Å². The van der Waals surface area contributed by atoms with Crippen molar-refractivity contribution in [3.8, 4) is 0 Å². The van der Waals surface area contributed by atoms with Gasteiger partial charge < -0.3 is 0 Å². The maximum absolute atomic E-state index is 2.66. The minimum Gasteiger partial charge on any atom is -0.0840 e. The monoisotopic (exact) mass is 568 g/mol. The molecule has 0 N–H and O–H groups in total. The standard InChI is InChI=1S/C38H56Si2/c1-7-9-11-13-14-22-28-36-37(39(3,4)31-33-23-18-15-19-24-33)29-35(27-17-12-10-8-2)30-38(36)40(5,6)32-34-25-20-16-21-26-34/h15-16,18-26,28-30H,7-14,17,27,31-32H2,1-6H3/b28-22+. The van der Waals surface area contributed by atoms with Gasteiger partial charge in [0.05, 0.1) is 16.1 Å². The Morgan fingerprint density at radius 2 is 1.02 bits per heavy atom. The van der Waals surface area contributed by atoms with Crippen LogP contribution in [0.2, 0.25) is 26.2 Å². The number of benzene rings is 3. The number of hydrogen-bond donors (Lipinski definition) is 0. The molecule has 40 heavy (non-hydrogen) atoms. The molecule has 0 bridgehead atoms. The lowest BCUT2D eigenvalue weighted by Crippen LogP contribution is -2.53. The summed E-state index contributed by atoms with van der Waals surface area (Å²) in [6.07, 6.45) is 18.1. The van der Waals surface area contributed by atoms with Gasteiger partial charge in [-0.05, 0) is 48.9 Å². The minimum atomic E-state index is -1.76. The van der Waals surface area contributed by atoms with Gasteiger partial charge in [0, 0.05) is 0 Å². The molecule has 0 aliphatic rings. The van der Waals surface area contributed by atoms with Crippen LogP contribution in [0.15, 0.2) is 78.9 Å². The predicted molar refractivity (Wildman–Crippen MR) is 187 cm³/mol. The lowest BCUT2D eigenvalue weighted by molar-refractivity contribution is 0.667. The second kappa shape index (κ2) is 16.3. The maximum atomic E-state index is 2.66. The third kappa shape index (κ3) is 10.0. The van der Waals surface area contributed by atoms with Crippen LogP contribution in [0.3, 0.4) is 0 Å². The van der Waals surface area contributed by atoms with Crippen molar-refractivity contribution in [2.75, 3.05) is 0 Å². The van der Waals surface area contributed by atoms with Gasteiger partial charge in [0.15, 0.2) is 0 Å². The van der Waals surface area contributed by atoms with Crippen molar-refractivity contribution in [1.82, 2.24) is 0 Å². The molecule has 0 nitrogen and oxygen atoms in total. The van der Waals surface area contributed by atoms with E-state index in [1.807, 2.05) is 0 Å². The Labute approximate surface area is 249 Å². The fraction of sp³-hybridized carbons (Fsp3) is 0.474. The Bertz CT molecular complexity index is 1080. The summed E-state index contributed by atoms with van der Waals surface area (Å²) in [7, 11) is -3.53. The second-order valence-electron chi connectivity index (χ2n) is 13.3. The normalized spacial score (nSPS) is 12.3. The molecule has 0 unspecified atom stereocenters. The largest absolute Gasteiger partial charge is 0.0857 e. The van der Waals surface area contributed by atoms with Crippen LogP contribution in [0.5, 0.6) is 0 Å². The van der Waals surface area contributed by atoms with Crippen LogP contribution in [-0.2, 0) is 18.5 Å². The van der Waals surface area contributed by atoms with Crippen LogP contribution in [0.4, 0.5) is 0 Å². The van der Waals surface area contributed by atoms with Gasteiger partial charge in [0.2, 0.25) is 0 Å². The first kappa shape index (κ1) is 32.3. The molecular weight excluding hydrogens is 513 g/mol. The highest BCUT2D eigenvalue weighted by Crippen LogP contribution is 2.22. The zero-order valence-corrected chi connectivity index (χ0v) is 28.6. The quantitative estimate of drug-likeness (QED) is 0.112. The Morgan fingerprint density at radius 3 is 1.50 bits per heavy atom. The molecule has 0 aromatic heterocycles. The SMILES string of the molecule is CCCCCC/C=C/c1c([Si](C)(C)Cc2ccccc2)cc(CCCCCC)cc1[Si](C)(C)Cc1ccccc1. The summed E-state index contributed by atoms with van der Waals surface area (Å²) in [6.45, 7) is 15.1. The Morgan fingerprint density at radius 1 is 0.550 bits per heavy atom. The van der Waals surface area contributed by atoms with Crippen molar-refractivity contribution in [1.29, 1.82) is 0 Å². The van der Waals surface area contributed by atoms with E-state index in [2.05, 4.69) is 125 Å². The summed E-state index contributed by atoms with van der Waals surface area (Å²) in [4.78, 5) is 0. The summed E-state index contributed by atoms with van der Waals surface area (Å²) in [5.41, 5.74) is 6.16. The highest BCUT2D eigenvalue weighted by Gasteiger charge is 2.33. The van der Waals surface area contributed by atoms with Crippen molar-refractivity contribution in [2.45, 2.75) is 116 Å². The first-order chi connectivity index (χ1) is 19.3. The van der Waals surface area contributed by atoms with E-state index in [-0.39, 0.29) is 0 Å². The highest BCUT2D eigenvalue weighted by molar-refractivity contribution is 6.93. The van der Waals surface area contributed by atoms with Crippen LogP contribution in [-0.4, -0.2) is 16.1 Å². The Kier molecular flexibility index (Phi) is 13.2. The second-order valence-corrected chi connectivity index (χ2v) is 22.6. The van der Waals surface area contributed by atoms with E-state index in [0.717, 1.165) is 0 Å². The molecule has 0 saturated carbocycles. The molecule has 2 heteroatoms. The molecule has 0 aliphatic heterocycles. The van der Waals surface area contributed by atoms with E-state index in [1.165, 1.54) is 87.4 Å². The van der Waals surface area contributed by atoms with Crippen molar-refractivity contribution >= 4 is 32.6 Å². The molecule has 0 spiro atoms. The van der Waals surface area contributed by atoms with Gasteiger partial charge in [-0.15, -0.1) is 0 Å². The average Bonchev–Trinajstić information content (AvgIpc) is 2.93. The van der Waals surface area contributed by atoms with E-state index >= 15 is 0 Å². The fourth-order valence-corrected chi connectivity index (χ4v) is 12.3. The van der Waals surface area contributed by atoms with E-state index in [9.17, 15) is 0 Å². The highest BCUT2D eigenvalue weighted by atomic mass is 28.3. The lowest BCUT2D eigenvalue weighted by Gasteiger charge is -2.33. The molecule has 0 aliphatic carbocycles. The topological polar surface area (TPSA) is 0 Å². The van der Waals surface area contributed by atoms with Gasteiger partial charge in [0.25, 0.3) is 0 Å². The number of rotatable bonds is 17. The zero-order chi connectivity index (χ0) is 28.8. The van der Waals surface area contributed by atoms with E-state index < -0.39 is 16.1 Å². The summed E-state index contributed by atoms with van der Waals surface area (Å²) in [5, 5.41) is 3.38. The van der Waals surface area contributed by atoms with Gasteiger partial charge in [-0.25, -0.2) is 0 Å². The maximum Gasteiger partial charge on any atom is 0.0857 e. The van der Waals surface area contributed by atoms with Crippen molar-refractivity contribution in [2.24, 2.45) is 0 Å². The molecular formula is C38H56Si2. The van der Waals surface area contributed by atoms with Gasteiger partial charge in [-0.2, -0.15) is 0 Å². The third-order valence-electron chi connectivity index (χ3n) is 8.50. The Hall–Kier alpha value is -2.17. The van der Waals surface area contributed by atoms with Crippen LogP contribution in [0, 0.1) is 0 Å². The molecule has 0 saturated heterocycles. The van der Waals surface area contributed by atoms with Gasteiger partial charge in [-0.3, -0.25) is 0 Å². The summed E-state index contributed by atoms with van der Waals surface area (Å²) >= 11 is 0. The number of hydrogen-bond acceptors (Lipinski definition) is 0. The van der Waals surface area contributed by atoms with Crippen LogP contribution >= 0.6 is 0 Å². The number of unbranched alkanes of at least 4 members (excludes halogenated alkanes) is 7. The first-order valence-corrected chi connectivity index (χ1v) is 22.6. The minimum absolute atomic E-state index is 1.19. The number of aryl methyl sites for hydroxylation is 1. The molecule has 0 amide bonds. The summed E-state index contributed by atoms with van der Waals surface area (Å²) < 4.78 is 0. The molecule has 216 valence electrons. The van der Waals surface area contributed by atoms with Crippen LogP contribution in [0.25, 0.3) is 6.08 Å². The van der Waals surface area contributed by atoms with E-state index in [1.54, 1.807) is 21.5 Å². The van der Waals surface area contributed by atoms with Gasteiger partial charge in [0.1, 0.15) is 0 Å². The van der Waals surface area contributed by atoms with Gasteiger partial charge >= 0.3 is 0 Å². The van der Waals surface area contributed by atoms with Crippen molar-refractivity contribution < 1.29 is 0 Å². The fourth-order valence-electron chi connectivity index (χ4n) is 6.21. The summed E-state index contributed by atoms with van der Waals surface area (Å²) in [6, 6.07) is 30.2. The molecule has 3 aromatic carbocycles. The predicted octanol–water partition coefficient (Wildman–Crippen LogP) is 10.2. The third-order valence-corrected chi connectivity index (χ3v) is 14.8. The van der Waals surface area contributed by atoms with Crippen molar-refractivity contribution in [3.63, 3.8) is 0 Å². The molecule has 3 rings (SSSR count). The smallest absolute Gasteiger partial charge is 0.0840 e. The molecule has 3 aromatic rings. The first-order valence-electron chi connectivity index (χ1n) is 16.2. The molecule has 0 atom stereocenters. The van der Waals surface area contributed by atoms with Crippen molar-refractivity contribution in [3.05, 3.63) is 101 Å². The summed E-state index contributed by atoms with van der Waals surface area (Å²) in [5.74, 6) is 0. The van der Waals surface area contributed by atoms with Gasteiger partial charge in [-0.1, -0.05) is 185 Å². The average molecular weight is 569 g/mol. The zero-order valence-electron chi connectivity index (χ0n) is 26.6. The molecule has 0 radical (unpaired) electrons. The number of allylic oxidation sites excluding steroid dienone is 1. The molecule has 0 heterocycles. The van der Waals surface area contributed by atoms with Crippen LogP contribution < -0.4 is 10.4 Å². The lowest BCUT2D eigenvalue weighted by atomic mass is 10.0. The molecule has 0 fully saturated rings.